The molecule has 3 saturated carbocycles. The highest BCUT2D eigenvalue weighted by molar-refractivity contribution is 5.14. The minimum absolute atomic E-state index is 0.314. The van der Waals surface area contributed by atoms with Gasteiger partial charge in [0.1, 0.15) is 0 Å². The van der Waals surface area contributed by atoms with Gasteiger partial charge in [0.15, 0.2) is 0 Å². The molecule has 0 unspecified atom stereocenters. The van der Waals surface area contributed by atoms with Crippen LogP contribution in [-0.4, -0.2) is 23.3 Å². The Morgan fingerprint density at radius 3 is 2.40 bits per heavy atom. The molecule has 0 aliphatic heterocycles. The number of hydrogen-bond donors (Lipinski definition) is 2. The molecule has 3 aliphatic carbocycles. The van der Waals surface area contributed by atoms with Crippen LogP contribution in [0.15, 0.2) is 0 Å². The average Bonchev–Trinajstić information content (AvgIpc) is 2.14. The van der Waals surface area contributed by atoms with Gasteiger partial charge in [0.25, 0.3) is 0 Å². The van der Waals surface area contributed by atoms with Crippen molar-refractivity contribution in [3.63, 3.8) is 0 Å². The maximum Gasteiger partial charge on any atom is 0.0805 e. The number of nitrogens with one attached hydrogen (secondary N) is 1. The van der Waals surface area contributed by atoms with E-state index in [1.807, 2.05) is 6.92 Å². The summed E-state index contributed by atoms with van der Waals surface area (Å²) in [7, 11) is 0. The van der Waals surface area contributed by atoms with Crippen molar-refractivity contribution in [1.29, 1.82) is 0 Å². The van der Waals surface area contributed by atoms with Crippen molar-refractivity contribution in [1.82, 2.24) is 5.32 Å². The maximum absolute atomic E-state index is 10.6. The summed E-state index contributed by atoms with van der Waals surface area (Å²) in [6.07, 6.45) is 3.52. The van der Waals surface area contributed by atoms with E-state index in [0.717, 1.165) is 25.3 Å². The summed E-state index contributed by atoms with van der Waals surface area (Å²) in [6.45, 7) is 9.87. The van der Waals surface area contributed by atoms with E-state index in [-0.39, 0.29) is 0 Å². The lowest BCUT2D eigenvalue weighted by atomic mass is 9.43. The summed E-state index contributed by atoms with van der Waals surface area (Å²) < 4.78 is 0. The van der Waals surface area contributed by atoms with Crippen molar-refractivity contribution in [2.45, 2.75) is 58.6 Å². The van der Waals surface area contributed by atoms with Gasteiger partial charge in [0.05, 0.1) is 5.60 Å². The van der Waals surface area contributed by atoms with Crippen molar-refractivity contribution in [2.24, 2.45) is 17.3 Å². The first-order valence-corrected chi connectivity index (χ1v) is 6.36. The fourth-order valence-corrected chi connectivity index (χ4v) is 3.78. The maximum atomic E-state index is 10.6. The molecule has 0 radical (unpaired) electrons. The molecular formula is C13H25NO. The molecule has 2 N–H and O–H groups in total. The molecule has 88 valence electrons. The van der Waals surface area contributed by atoms with Gasteiger partial charge in [-0.1, -0.05) is 20.8 Å². The summed E-state index contributed by atoms with van der Waals surface area (Å²) in [5, 5.41) is 14.2. The normalized spacial score (nSPS) is 47.4. The van der Waals surface area contributed by atoms with Gasteiger partial charge in [-0.3, -0.25) is 0 Å². The predicted octanol–water partition coefficient (Wildman–Crippen LogP) is 2.17. The minimum Gasteiger partial charge on any atom is -0.388 e. The second kappa shape index (κ2) is 3.46. The van der Waals surface area contributed by atoms with E-state index in [2.05, 4.69) is 26.1 Å². The third-order valence-corrected chi connectivity index (χ3v) is 5.04. The molecule has 3 aliphatic rings. The van der Waals surface area contributed by atoms with Gasteiger partial charge in [-0.2, -0.15) is 0 Å². The van der Waals surface area contributed by atoms with Crippen molar-refractivity contribution < 1.29 is 5.11 Å². The van der Waals surface area contributed by atoms with E-state index in [1.165, 1.54) is 6.42 Å². The van der Waals surface area contributed by atoms with E-state index in [9.17, 15) is 5.11 Å². The molecule has 4 atom stereocenters. The van der Waals surface area contributed by atoms with Crippen LogP contribution in [-0.2, 0) is 0 Å². The molecule has 3 fully saturated rings. The monoisotopic (exact) mass is 211 g/mol. The summed E-state index contributed by atoms with van der Waals surface area (Å²) >= 11 is 0. The van der Waals surface area contributed by atoms with Crippen LogP contribution >= 0.6 is 0 Å². The highest BCUT2D eigenvalue weighted by Crippen LogP contribution is 2.62. The molecule has 2 nitrogen and oxygen atoms in total. The van der Waals surface area contributed by atoms with Gasteiger partial charge in [-0.25, -0.2) is 0 Å². The summed E-state index contributed by atoms with van der Waals surface area (Å²) in [6, 6.07) is 0.314. The first kappa shape index (κ1) is 11.4. The topological polar surface area (TPSA) is 32.3 Å². The van der Waals surface area contributed by atoms with Crippen LogP contribution in [0.4, 0.5) is 0 Å². The molecule has 15 heavy (non-hydrogen) atoms. The largest absolute Gasteiger partial charge is 0.388 e. The highest BCUT2D eigenvalue weighted by Gasteiger charge is 2.62. The van der Waals surface area contributed by atoms with E-state index >= 15 is 0 Å². The molecule has 0 aromatic rings. The highest BCUT2D eigenvalue weighted by atomic mass is 16.3. The van der Waals surface area contributed by atoms with Gasteiger partial charge < -0.3 is 10.4 Å². The second-order valence-electron chi connectivity index (χ2n) is 6.27. The predicted molar refractivity (Wildman–Crippen MR) is 62.7 cm³/mol. The van der Waals surface area contributed by atoms with Gasteiger partial charge in [0.2, 0.25) is 0 Å². The molecule has 2 bridgehead atoms. The number of rotatable bonds is 3. The first-order chi connectivity index (χ1) is 6.90. The zero-order chi connectivity index (χ0) is 11.3. The zero-order valence-electron chi connectivity index (χ0n) is 10.5. The summed E-state index contributed by atoms with van der Waals surface area (Å²) in [5.74, 6) is 1.30. The molecular weight excluding hydrogens is 186 g/mol. The van der Waals surface area contributed by atoms with E-state index in [1.54, 1.807) is 0 Å². The third kappa shape index (κ3) is 1.53. The van der Waals surface area contributed by atoms with Gasteiger partial charge in [-0.05, 0) is 50.0 Å². The molecule has 0 aromatic carbocycles. The SMILES string of the molecule is CCCN[C@@H]1C[C@@H]2C[C@@H](C2(C)C)[C@]1(C)O. The van der Waals surface area contributed by atoms with Crippen molar-refractivity contribution in [2.75, 3.05) is 6.54 Å². The third-order valence-electron chi connectivity index (χ3n) is 5.04. The Labute approximate surface area is 93.5 Å². The quantitative estimate of drug-likeness (QED) is 0.750. The number of hydrogen-bond acceptors (Lipinski definition) is 2. The first-order valence-electron chi connectivity index (χ1n) is 6.36. The van der Waals surface area contributed by atoms with Crippen LogP contribution < -0.4 is 5.32 Å². The average molecular weight is 211 g/mol. The Balaban J connectivity index is 2.07. The van der Waals surface area contributed by atoms with Gasteiger partial charge in [0, 0.05) is 6.04 Å². The Kier molecular flexibility index (Phi) is 2.63. The van der Waals surface area contributed by atoms with Crippen LogP contribution in [0, 0.1) is 17.3 Å². The number of fused-ring (bicyclic) bond motifs is 2. The van der Waals surface area contributed by atoms with E-state index in [0.29, 0.717) is 17.4 Å². The van der Waals surface area contributed by atoms with Crippen molar-refractivity contribution in [3.05, 3.63) is 0 Å². The standard InChI is InChI=1S/C13H25NO/c1-5-6-14-11-8-9-7-10(12(9,2)3)13(11,4)15/h9-11,14-15H,5-8H2,1-4H3/t9-,10-,11+,13-/m0/s1. The van der Waals surface area contributed by atoms with Gasteiger partial charge >= 0.3 is 0 Å². The van der Waals surface area contributed by atoms with Crippen LogP contribution in [0.3, 0.4) is 0 Å². The Morgan fingerprint density at radius 2 is 1.93 bits per heavy atom. The summed E-state index contributed by atoms with van der Waals surface area (Å²) in [5.41, 5.74) is -0.151. The Morgan fingerprint density at radius 1 is 1.27 bits per heavy atom. The minimum atomic E-state index is -0.507. The molecule has 2 heteroatoms. The Bertz CT molecular complexity index is 247. The fourth-order valence-electron chi connectivity index (χ4n) is 3.78. The fraction of sp³-hybridized carbons (Fsp3) is 1.00. The molecule has 3 rings (SSSR count). The van der Waals surface area contributed by atoms with Crippen LogP contribution in [0.2, 0.25) is 0 Å². The zero-order valence-corrected chi connectivity index (χ0v) is 10.5. The molecule has 0 saturated heterocycles. The van der Waals surface area contributed by atoms with Crippen LogP contribution in [0.5, 0.6) is 0 Å². The lowest BCUT2D eigenvalue weighted by Crippen LogP contribution is -2.69. The second-order valence-corrected chi connectivity index (χ2v) is 6.27. The van der Waals surface area contributed by atoms with Crippen molar-refractivity contribution >= 4 is 0 Å². The van der Waals surface area contributed by atoms with E-state index in [4.69, 9.17) is 0 Å². The molecule has 0 spiro atoms. The van der Waals surface area contributed by atoms with Crippen LogP contribution in [0.25, 0.3) is 0 Å². The van der Waals surface area contributed by atoms with Crippen molar-refractivity contribution in [3.8, 4) is 0 Å². The smallest absolute Gasteiger partial charge is 0.0805 e. The molecule has 0 amide bonds. The Hall–Kier alpha value is -0.0800. The van der Waals surface area contributed by atoms with Crippen LogP contribution in [0.1, 0.15) is 47.0 Å². The lowest BCUT2D eigenvalue weighted by Gasteiger charge is -2.65. The summed E-state index contributed by atoms with van der Waals surface area (Å²) in [4.78, 5) is 0. The lowest BCUT2D eigenvalue weighted by molar-refractivity contribution is -0.209. The number of aliphatic hydroxyl groups is 1. The van der Waals surface area contributed by atoms with E-state index < -0.39 is 5.60 Å². The molecule has 0 aromatic heterocycles. The molecule has 0 heterocycles. The van der Waals surface area contributed by atoms with Gasteiger partial charge in [-0.15, -0.1) is 0 Å².